The first-order valence-corrected chi connectivity index (χ1v) is 6.75. The molecule has 0 saturated heterocycles. The Kier molecular flexibility index (Phi) is 4.61. The van der Waals surface area contributed by atoms with Crippen LogP contribution in [0.2, 0.25) is 5.02 Å². The normalized spacial score (nSPS) is 23.0. The minimum Gasteiger partial charge on any atom is -0.391 e. The number of carbonyl (C=O) groups excluding carboxylic acids is 1. The lowest BCUT2D eigenvalue weighted by molar-refractivity contribution is -0.122. The van der Waals surface area contributed by atoms with Crippen LogP contribution >= 0.6 is 11.6 Å². The van der Waals surface area contributed by atoms with Crippen molar-refractivity contribution in [2.75, 3.05) is 0 Å². The maximum Gasteiger partial charge on any atom is 0.220 e. The molecule has 0 radical (unpaired) electrons. The summed E-state index contributed by atoms with van der Waals surface area (Å²) >= 11 is 5.80. The van der Waals surface area contributed by atoms with Crippen molar-refractivity contribution in [3.63, 3.8) is 0 Å². The Morgan fingerprint density at radius 1 is 1.33 bits per heavy atom. The zero-order valence-electron chi connectivity index (χ0n) is 10.2. The van der Waals surface area contributed by atoms with Crippen molar-refractivity contribution in [3.05, 3.63) is 34.9 Å². The molecule has 0 bridgehead atoms. The van der Waals surface area contributed by atoms with Crippen molar-refractivity contribution < 1.29 is 9.90 Å². The highest BCUT2D eigenvalue weighted by atomic mass is 35.5. The number of carbonyl (C=O) groups is 1. The van der Waals surface area contributed by atoms with Gasteiger partial charge in [-0.1, -0.05) is 23.7 Å². The Balaban J connectivity index is 1.76. The molecule has 1 amide bonds. The van der Waals surface area contributed by atoms with E-state index in [1.54, 1.807) is 0 Å². The zero-order chi connectivity index (χ0) is 13.0. The van der Waals surface area contributed by atoms with Crippen LogP contribution in [0.5, 0.6) is 0 Å². The first-order valence-electron chi connectivity index (χ1n) is 6.37. The van der Waals surface area contributed by atoms with Crippen LogP contribution in [-0.2, 0) is 11.2 Å². The van der Waals surface area contributed by atoms with Crippen molar-refractivity contribution in [2.45, 2.75) is 44.2 Å². The lowest BCUT2D eigenvalue weighted by Gasteiger charge is -2.16. The summed E-state index contributed by atoms with van der Waals surface area (Å²) in [4.78, 5) is 11.7. The molecule has 2 N–H and O–H groups in total. The van der Waals surface area contributed by atoms with E-state index in [1.807, 2.05) is 24.3 Å². The molecule has 3 nitrogen and oxygen atoms in total. The van der Waals surface area contributed by atoms with Gasteiger partial charge in [-0.15, -0.1) is 0 Å². The second-order valence-corrected chi connectivity index (χ2v) is 5.24. The topological polar surface area (TPSA) is 49.3 Å². The number of nitrogens with one attached hydrogen (secondary N) is 1. The predicted octanol–water partition coefficient (Wildman–Crippen LogP) is 2.30. The predicted molar refractivity (Wildman–Crippen MR) is 71.6 cm³/mol. The summed E-state index contributed by atoms with van der Waals surface area (Å²) in [5.41, 5.74) is 1.10. The van der Waals surface area contributed by atoms with Gasteiger partial charge in [-0.2, -0.15) is 0 Å². The molecule has 2 atom stereocenters. The third kappa shape index (κ3) is 3.72. The van der Waals surface area contributed by atoms with Gasteiger partial charge in [0.25, 0.3) is 0 Å². The van der Waals surface area contributed by atoms with E-state index in [4.69, 9.17) is 11.6 Å². The molecule has 1 fully saturated rings. The number of benzene rings is 1. The smallest absolute Gasteiger partial charge is 0.220 e. The van der Waals surface area contributed by atoms with Crippen LogP contribution in [0.25, 0.3) is 0 Å². The van der Waals surface area contributed by atoms with E-state index < -0.39 is 0 Å². The summed E-state index contributed by atoms with van der Waals surface area (Å²) < 4.78 is 0. The summed E-state index contributed by atoms with van der Waals surface area (Å²) in [7, 11) is 0. The summed E-state index contributed by atoms with van der Waals surface area (Å²) in [5.74, 6) is 0.0101. The van der Waals surface area contributed by atoms with Gasteiger partial charge in [-0.3, -0.25) is 4.79 Å². The minimum atomic E-state index is -0.371. The molecule has 2 rings (SSSR count). The molecule has 1 aliphatic carbocycles. The average Bonchev–Trinajstić information content (AvgIpc) is 2.74. The SMILES string of the molecule is O=C(CCc1ccc(Cl)cc1)NC1CCCC1O. The lowest BCUT2D eigenvalue weighted by atomic mass is 10.1. The molecule has 1 aliphatic rings. The van der Waals surface area contributed by atoms with Crippen LogP contribution < -0.4 is 5.32 Å². The average molecular weight is 268 g/mol. The molecule has 0 aromatic heterocycles. The van der Waals surface area contributed by atoms with Crippen LogP contribution in [0.3, 0.4) is 0 Å². The molecule has 1 aromatic carbocycles. The number of hydrogen-bond acceptors (Lipinski definition) is 2. The summed E-state index contributed by atoms with van der Waals surface area (Å²) in [6.07, 6.45) is 3.44. The van der Waals surface area contributed by atoms with E-state index in [0.717, 1.165) is 24.8 Å². The number of aliphatic hydroxyl groups is 1. The van der Waals surface area contributed by atoms with Gasteiger partial charge in [-0.05, 0) is 43.4 Å². The van der Waals surface area contributed by atoms with E-state index in [9.17, 15) is 9.90 Å². The van der Waals surface area contributed by atoms with E-state index in [2.05, 4.69) is 5.32 Å². The maximum atomic E-state index is 11.7. The van der Waals surface area contributed by atoms with Crippen molar-refractivity contribution in [2.24, 2.45) is 0 Å². The molecular weight excluding hydrogens is 250 g/mol. The van der Waals surface area contributed by atoms with E-state index in [-0.39, 0.29) is 18.1 Å². The number of halogens is 1. The number of aliphatic hydroxyl groups excluding tert-OH is 1. The Morgan fingerprint density at radius 3 is 2.67 bits per heavy atom. The number of hydrogen-bond donors (Lipinski definition) is 2. The first-order chi connectivity index (χ1) is 8.65. The summed E-state index contributed by atoms with van der Waals surface area (Å²) in [6, 6.07) is 7.47. The van der Waals surface area contributed by atoms with Gasteiger partial charge in [-0.25, -0.2) is 0 Å². The largest absolute Gasteiger partial charge is 0.391 e. The van der Waals surface area contributed by atoms with Gasteiger partial charge in [0.05, 0.1) is 12.1 Å². The molecule has 0 aliphatic heterocycles. The standard InChI is InChI=1S/C14H18ClNO2/c15-11-7-4-10(5-8-11)6-9-14(18)16-12-2-1-3-13(12)17/h4-5,7-8,12-13,17H,1-3,6,9H2,(H,16,18). The van der Waals surface area contributed by atoms with Gasteiger partial charge in [0.15, 0.2) is 0 Å². The van der Waals surface area contributed by atoms with E-state index >= 15 is 0 Å². The third-order valence-corrected chi connectivity index (χ3v) is 3.63. The minimum absolute atomic E-state index is 0.0101. The molecule has 1 saturated carbocycles. The Labute approximate surface area is 112 Å². The van der Waals surface area contributed by atoms with Gasteiger partial charge in [0, 0.05) is 11.4 Å². The van der Waals surface area contributed by atoms with Gasteiger partial charge >= 0.3 is 0 Å². The quantitative estimate of drug-likeness (QED) is 0.880. The summed E-state index contributed by atoms with van der Waals surface area (Å²) in [5, 5.41) is 13.2. The fraction of sp³-hybridized carbons (Fsp3) is 0.500. The van der Waals surface area contributed by atoms with Crippen LogP contribution in [0.15, 0.2) is 24.3 Å². The molecular formula is C14H18ClNO2. The Morgan fingerprint density at radius 2 is 2.06 bits per heavy atom. The molecule has 98 valence electrons. The third-order valence-electron chi connectivity index (χ3n) is 3.38. The highest BCUT2D eigenvalue weighted by Crippen LogP contribution is 2.19. The molecule has 0 heterocycles. The van der Waals surface area contributed by atoms with Crippen molar-refractivity contribution in [1.29, 1.82) is 0 Å². The fourth-order valence-electron chi connectivity index (χ4n) is 2.30. The van der Waals surface area contributed by atoms with Crippen LogP contribution in [0.4, 0.5) is 0 Å². The highest BCUT2D eigenvalue weighted by molar-refractivity contribution is 6.30. The first kappa shape index (κ1) is 13.4. The van der Waals surface area contributed by atoms with Crippen molar-refractivity contribution in [3.8, 4) is 0 Å². The zero-order valence-corrected chi connectivity index (χ0v) is 11.0. The van der Waals surface area contributed by atoms with E-state index in [0.29, 0.717) is 17.9 Å². The van der Waals surface area contributed by atoms with Crippen LogP contribution in [0, 0.1) is 0 Å². The number of rotatable bonds is 4. The lowest BCUT2D eigenvalue weighted by Crippen LogP contribution is -2.39. The van der Waals surface area contributed by atoms with E-state index in [1.165, 1.54) is 0 Å². The molecule has 18 heavy (non-hydrogen) atoms. The van der Waals surface area contributed by atoms with Gasteiger partial charge < -0.3 is 10.4 Å². The molecule has 2 unspecified atom stereocenters. The summed E-state index contributed by atoms with van der Waals surface area (Å²) in [6.45, 7) is 0. The molecule has 0 spiro atoms. The van der Waals surface area contributed by atoms with Crippen LogP contribution in [-0.4, -0.2) is 23.2 Å². The Hall–Kier alpha value is -1.06. The Bertz CT molecular complexity index is 405. The second kappa shape index (κ2) is 6.21. The highest BCUT2D eigenvalue weighted by Gasteiger charge is 2.26. The molecule has 1 aromatic rings. The fourth-order valence-corrected chi connectivity index (χ4v) is 2.42. The second-order valence-electron chi connectivity index (χ2n) is 4.80. The molecule has 4 heteroatoms. The van der Waals surface area contributed by atoms with Crippen LogP contribution in [0.1, 0.15) is 31.2 Å². The van der Waals surface area contributed by atoms with Crippen molar-refractivity contribution >= 4 is 17.5 Å². The van der Waals surface area contributed by atoms with Crippen molar-refractivity contribution in [1.82, 2.24) is 5.32 Å². The van der Waals surface area contributed by atoms with Gasteiger partial charge in [0.2, 0.25) is 5.91 Å². The number of aryl methyl sites for hydroxylation is 1. The van der Waals surface area contributed by atoms with Gasteiger partial charge in [0.1, 0.15) is 0 Å². The number of amides is 1. The maximum absolute atomic E-state index is 11.7. The monoisotopic (exact) mass is 267 g/mol.